The summed E-state index contributed by atoms with van der Waals surface area (Å²) in [5.74, 6) is 0. The molecule has 0 aliphatic heterocycles. The molecule has 0 atom stereocenters. The Kier molecular flexibility index (Phi) is 165. The van der Waals surface area contributed by atoms with E-state index in [1.165, 1.54) is 0 Å². The van der Waals surface area contributed by atoms with Crippen molar-refractivity contribution < 1.29 is 84.2 Å². The van der Waals surface area contributed by atoms with Gasteiger partial charge in [-0.25, -0.2) is 0 Å². The fraction of sp³-hybridized carbons (Fsp3) is 0. The van der Waals surface area contributed by atoms with Crippen LogP contribution < -0.4 is 0 Å². The Labute approximate surface area is 83.0 Å². The number of rotatable bonds is 0. The summed E-state index contributed by atoms with van der Waals surface area (Å²) in [6.45, 7) is 0. The summed E-state index contributed by atoms with van der Waals surface area (Å²) in [6.07, 6.45) is 0. The molecule has 0 fully saturated rings. The van der Waals surface area contributed by atoms with Crippen molar-refractivity contribution in [1.82, 2.24) is 0 Å². The van der Waals surface area contributed by atoms with Crippen LogP contribution in [-0.4, -0.2) is 0 Å². The molecule has 0 bridgehead atoms. The third-order valence-electron chi connectivity index (χ3n) is 0. The first-order valence-electron chi connectivity index (χ1n) is 0.183. The van der Waals surface area contributed by atoms with Gasteiger partial charge in [-0.05, 0) is 0 Å². The van der Waals surface area contributed by atoms with Crippen LogP contribution in [0.3, 0.4) is 0 Å². The summed E-state index contributed by atoms with van der Waals surface area (Å²) in [5, 5.41) is 0. The molecule has 0 heterocycles. The monoisotopic (exact) mass is 444 g/mol. The van der Waals surface area contributed by atoms with Crippen molar-refractivity contribution in [1.29, 1.82) is 0 Å². The molecule has 0 N–H and O–H groups in total. The zero-order valence-corrected chi connectivity index (χ0v) is 10.3. The van der Waals surface area contributed by atoms with Gasteiger partial charge in [0.05, 0.1) is 0 Å². The average molecular weight is 444 g/mol. The van der Waals surface area contributed by atoms with Crippen LogP contribution in [0.1, 0.15) is 0 Å². The molecule has 32 valence electrons. The van der Waals surface area contributed by atoms with Gasteiger partial charge < -0.3 is 0 Å². The van der Waals surface area contributed by atoms with Gasteiger partial charge in [0.1, 0.15) is 0 Å². The van der Waals surface area contributed by atoms with Gasteiger partial charge in [-0.15, -0.1) is 0 Å². The van der Waals surface area contributed by atoms with Gasteiger partial charge in [0.15, 0.2) is 0 Å². The van der Waals surface area contributed by atoms with Gasteiger partial charge in [0.2, 0.25) is 0 Å². The Morgan fingerprint density at radius 2 is 1.20 bits per heavy atom. The van der Waals surface area contributed by atoms with Gasteiger partial charge in [-0.1, -0.05) is 0 Å². The minimum Gasteiger partial charge on any atom is 0 e. The summed E-state index contributed by atoms with van der Waals surface area (Å²) in [6, 6.07) is 0. The number of hydrogen-bond donors (Lipinski definition) is 0. The second-order valence-corrected chi connectivity index (χ2v) is 0. The van der Waals surface area contributed by atoms with Crippen LogP contribution in [-0.2, 0) is 84.2 Å². The largest absolute Gasteiger partial charge is 0 e. The van der Waals surface area contributed by atoms with Crippen LogP contribution >= 0.6 is 0 Å². The fourth-order valence-electron chi connectivity index (χ4n) is 0. The summed E-state index contributed by atoms with van der Waals surface area (Å²) >= 11 is 0.500. The fourth-order valence-corrected chi connectivity index (χ4v) is 0. The van der Waals surface area contributed by atoms with E-state index in [4.69, 9.17) is 3.25 Å². The van der Waals surface area contributed by atoms with Gasteiger partial charge in [0.25, 0.3) is 0 Å². The molecule has 1 nitrogen and oxygen atoms in total. The first-order valence-corrected chi connectivity index (χ1v) is 1.08. The van der Waals surface area contributed by atoms with Crippen molar-refractivity contribution in [2.24, 2.45) is 0 Å². The first-order chi connectivity index (χ1) is 1.00. The van der Waals surface area contributed by atoms with E-state index >= 15 is 0 Å². The van der Waals surface area contributed by atoms with E-state index in [1.54, 1.807) is 0 Å². The summed E-state index contributed by atoms with van der Waals surface area (Å²) < 4.78 is 8.30. The Morgan fingerprint density at radius 1 is 1.20 bits per heavy atom. The molecular weight excluding hydrogens is 444 g/mol. The van der Waals surface area contributed by atoms with Gasteiger partial charge in [0, 0.05) is 59.9 Å². The Balaban J connectivity index is -0.00000000167. The van der Waals surface area contributed by atoms with Crippen molar-refractivity contribution in [2.45, 2.75) is 0 Å². The van der Waals surface area contributed by atoms with Gasteiger partial charge in [-0.3, -0.25) is 0 Å². The minimum atomic E-state index is 0. The maximum atomic E-state index is 8.30. The Bertz CT molecular complexity index is 9.61. The molecule has 0 aromatic heterocycles. The van der Waals surface area contributed by atoms with Crippen molar-refractivity contribution in [3.63, 3.8) is 0 Å². The maximum absolute atomic E-state index is 8.30. The molecule has 0 saturated heterocycles. The van der Waals surface area contributed by atoms with E-state index in [-0.39, 0.29) is 59.9 Å². The molecule has 0 aliphatic rings. The summed E-state index contributed by atoms with van der Waals surface area (Å²) in [5.41, 5.74) is 0. The first kappa shape index (κ1) is 26.0. The van der Waals surface area contributed by atoms with Crippen LogP contribution in [0, 0.1) is 0 Å². The van der Waals surface area contributed by atoms with E-state index in [9.17, 15) is 0 Å². The standard InChI is InChI=1S/2Nb.Ni.O.W. The second-order valence-electron chi connectivity index (χ2n) is 0. The van der Waals surface area contributed by atoms with Crippen LogP contribution in [0.15, 0.2) is 0 Å². The Hall–Kier alpha value is 2.46. The zero-order chi connectivity index (χ0) is 2.00. The quantitative estimate of drug-likeness (QED) is 0.476. The summed E-state index contributed by atoms with van der Waals surface area (Å²) in [4.78, 5) is 0. The maximum Gasteiger partial charge on any atom is 0 e. The van der Waals surface area contributed by atoms with Crippen LogP contribution in [0.2, 0.25) is 0 Å². The van der Waals surface area contributed by atoms with Crippen molar-refractivity contribution in [3.05, 3.63) is 0 Å². The molecule has 5 heavy (non-hydrogen) atoms. The molecule has 0 rings (SSSR count). The predicted molar refractivity (Wildman–Crippen MR) is 0.686 cm³/mol. The van der Waals surface area contributed by atoms with E-state index in [0.29, 0.717) is 21.0 Å². The van der Waals surface area contributed by atoms with Crippen molar-refractivity contribution in [3.8, 4) is 0 Å². The summed E-state index contributed by atoms with van der Waals surface area (Å²) in [7, 11) is 0. The second kappa shape index (κ2) is 31.8. The van der Waals surface area contributed by atoms with E-state index in [0.717, 1.165) is 0 Å². The van der Waals surface area contributed by atoms with Gasteiger partial charge >= 0.3 is 24.3 Å². The average Bonchev–Trinajstić information content (AvgIpc) is 1.00. The predicted octanol–water partition coefficient (Wildman–Crippen LogP) is -0.129. The molecule has 0 unspecified atom stereocenters. The smallest absolute Gasteiger partial charge is 0 e. The zero-order valence-electron chi connectivity index (χ0n) is 2.03. The van der Waals surface area contributed by atoms with Crippen molar-refractivity contribution in [2.75, 3.05) is 0 Å². The number of hydrogen-bond acceptors (Lipinski definition) is 1. The molecule has 1 radical (unpaired) electrons. The van der Waals surface area contributed by atoms with Crippen molar-refractivity contribution >= 4 is 0 Å². The van der Waals surface area contributed by atoms with E-state index in [1.807, 2.05) is 0 Å². The van der Waals surface area contributed by atoms with Crippen LogP contribution in [0.5, 0.6) is 0 Å². The minimum absolute atomic E-state index is 0. The SMILES string of the molecule is [Nb].[Ni].[O]=[Nb].[W]. The molecule has 0 aromatic rings. The molecule has 0 amide bonds. The Morgan fingerprint density at radius 3 is 1.20 bits per heavy atom. The van der Waals surface area contributed by atoms with E-state index < -0.39 is 0 Å². The normalized spacial score (nSPS) is 0.600. The molecular formula is Nb2NiOW. The van der Waals surface area contributed by atoms with Crippen LogP contribution in [0.4, 0.5) is 0 Å². The van der Waals surface area contributed by atoms with Crippen LogP contribution in [0.25, 0.3) is 0 Å². The van der Waals surface area contributed by atoms with Gasteiger partial charge in [-0.2, -0.15) is 0 Å². The topological polar surface area (TPSA) is 17.1 Å². The molecule has 0 aromatic carbocycles. The third-order valence-corrected chi connectivity index (χ3v) is 0. The molecule has 0 aliphatic carbocycles. The molecule has 0 spiro atoms. The molecule has 0 saturated carbocycles. The van der Waals surface area contributed by atoms with E-state index in [2.05, 4.69) is 0 Å². The third kappa shape index (κ3) is 21.2. The molecule has 5 heteroatoms.